The summed E-state index contributed by atoms with van der Waals surface area (Å²) in [5, 5.41) is 3.38. The summed E-state index contributed by atoms with van der Waals surface area (Å²) in [7, 11) is 2.00. The molecular formula is C13H19NO. The van der Waals surface area contributed by atoms with Crippen LogP contribution in [0.5, 0.6) is 0 Å². The van der Waals surface area contributed by atoms with E-state index in [0.717, 1.165) is 13.0 Å². The Labute approximate surface area is 91.6 Å². The summed E-state index contributed by atoms with van der Waals surface area (Å²) in [4.78, 5) is 0. The summed E-state index contributed by atoms with van der Waals surface area (Å²) in [6.07, 6.45) is 2.30. The zero-order chi connectivity index (χ0) is 10.7. The maximum atomic E-state index is 5.89. The quantitative estimate of drug-likeness (QED) is 0.818. The van der Waals surface area contributed by atoms with Gasteiger partial charge in [0.25, 0.3) is 0 Å². The van der Waals surface area contributed by atoms with Crippen LogP contribution in [0.1, 0.15) is 31.4 Å². The van der Waals surface area contributed by atoms with Crippen LogP contribution in [-0.2, 0) is 4.74 Å². The van der Waals surface area contributed by atoms with Crippen LogP contribution in [0, 0.1) is 0 Å². The number of hydrogen-bond donors (Lipinski definition) is 1. The number of nitrogens with one attached hydrogen (secondary N) is 1. The highest BCUT2D eigenvalue weighted by molar-refractivity contribution is 5.22. The van der Waals surface area contributed by atoms with E-state index in [1.165, 1.54) is 12.0 Å². The van der Waals surface area contributed by atoms with E-state index >= 15 is 0 Å². The number of hydrogen-bond acceptors (Lipinski definition) is 2. The fraction of sp³-hybridized carbons (Fsp3) is 0.538. The Balaban J connectivity index is 2.24. The van der Waals surface area contributed by atoms with Gasteiger partial charge in [0.1, 0.15) is 0 Å². The number of benzene rings is 1. The molecule has 0 saturated carbocycles. The van der Waals surface area contributed by atoms with E-state index in [-0.39, 0.29) is 5.60 Å². The first-order chi connectivity index (χ1) is 7.26. The zero-order valence-electron chi connectivity index (χ0n) is 9.49. The van der Waals surface area contributed by atoms with Crippen molar-refractivity contribution in [3.63, 3.8) is 0 Å². The highest BCUT2D eigenvalue weighted by Gasteiger charge is 2.38. The lowest BCUT2D eigenvalue weighted by molar-refractivity contribution is -0.0104. The maximum Gasteiger partial charge on any atom is 0.0849 e. The molecule has 1 heterocycles. The van der Waals surface area contributed by atoms with E-state index in [9.17, 15) is 0 Å². The third-order valence-corrected chi connectivity index (χ3v) is 3.28. The van der Waals surface area contributed by atoms with Crippen LogP contribution in [0.2, 0.25) is 0 Å². The molecule has 1 aromatic rings. The first kappa shape index (κ1) is 10.7. The van der Waals surface area contributed by atoms with Gasteiger partial charge in [0, 0.05) is 6.61 Å². The van der Waals surface area contributed by atoms with Gasteiger partial charge in [0.15, 0.2) is 0 Å². The van der Waals surface area contributed by atoms with Crippen LogP contribution >= 0.6 is 0 Å². The van der Waals surface area contributed by atoms with Crippen molar-refractivity contribution in [1.29, 1.82) is 0 Å². The SMILES string of the molecule is CNC(c1ccccc1)C1(C)CCCO1. The van der Waals surface area contributed by atoms with Crippen molar-refractivity contribution in [3.05, 3.63) is 35.9 Å². The zero-order valence-corrected chi connectivity index (χ0v) is 9.49. The molecule has 0 aliphatic carbocycles. The molecule has 1 N–H and O–H groups in total. The smallest absolute Gasteiger partial charge is 0.0849 e. The van der Waals surface area contributed by atoms with Gasteiger partial charge in [-0.1, -0.05) is 30.3 Å². The molecule has 1 aliphatic rings. The monoisotopic (exact) mass is 205 g/mol. The van der Waals surface area contributed by atoms with Gasteiger partial charge in [-0.2, -0.15) is 0 Å². The second-order valence-corrected chi connectivity index (χ2v) is 4.40. The van der Waals surface area contributed by atoms with Crippen LogP contribution < -0.4 is 5.32 Å². The lowest BCUT2D eigenvalue weighted by Gasteiger charge is -2.33. The molecule has 0 spiro atoms. The second kappa shape index (κ2) is 4.33. The summed E-state index contributed by atoms with van der Waals surface area (Å²) < 4.78 is 5.89. The third kappa shape index (κ3) is 2.06. The molecule has 82 valence electrons. The highest BCUT2D eigenvalue weighted by Crippen LogP contribution is 2.36. The predicted octanol–water partition coefficient (Wildman–Crippen LogP) is 2.52. The van der Waals surface area contributed by atoms with Crippen LogP contribution in [0.3, 0.4) is 0 Å². The Hall–Kier alpha value is -0.860. The normalized spacial score (nSPS) is 27.9. The summed E-state index contributed by atoms with van der Waals surface area (Å²) in [5.41, 5.74) is 1.26. The molecule has 2 rings (SSSR count). The van der Waals surface area contributed by atoms with Crippen LogP contribution in [0.4, 0.5) is 0 Å². The largest absolute Gasteiger partial charge is 0.373 e. The van der Waals surface area contributed by atoms with E-state index in [2.05, 4.69) is 36.5 Å². The van der Waals surface area contributed by atoms with Crippen molar-refractivity contribution in [2.24, 2.45) is 0 Å². The summed E-state index contributed by atoms with van der Waals surface area (Å²) in [6, 6.07) is 10.8. The molecule has 0 radical (unpaired) electrons. The molecule has 1 aromatic carbocycles. The fourth-order valence-electron chi connectivity index (χ4n) is 2.50. The van der Waals surface area contributed by atoms with Gasteiger partial charge >= 0.3 is 0 Å². The van der Waals surface area contributed by atoms with Gasteiger partial charge in [-0.05, 0) is 32.4 Å². The minimum atomic E-state index is -0.0455. The summed E-state index contributed by atoms with van der Waals surface area (Å²) in [6.45, 7) is 3.09. The number of rotatable bonds is 3. The lowest BCUT2D eigenvalue weighted by atomic mass is 9.88. The van der Waals surface area contributed by atoms with Crippen molar-refractivity contribution in [1.82, 2.24) is 5.32 Å². The topological polar surface area (TPSA) is 21.3 Å². The fourth-order valence-corrected chi connectivity index (χ4v) is 2.50. The molecule has 1 aliphatic heterocycles. The Morgan fingerprint density at radius 1 is 1.33 bits per heavy atom. The number of likely N-dealkylation sites (N-methyl/N-ethyl adjacent to an activating group) is 1. The minimum Gasteiger partial charge on any atom is -0.373 e. The first-order valence-corrected chi connectivity index (χ1v) is 5.62. The molecule has 2 heteroatoms. The molecule has 2 atom stereocenters. The Morgan fingerprint density at radius 2 is 2.07 bits per heavy atom. The van der Waals surface area contributed by atoms with Crippen molar-refractivity contribution >= 4 is 0 Å². The van der Waals surface area contributed by atoms with Gasteiger partial charge in [-0.25, -0.2) is 0 Å². The van der Waals surface area contributed by atoms with E-state index in [1.807, 2.05) is 13.1 Å². The average molecular weight is 205 g/mol. The maximum absolute atomic E-state index is 5.89. The van der Waals surface area contributed by atoms with E-state index < -0.39 is 0 Å². The van der Waals surface area contributed by atoms with Crippen LogP contribution in [0.25, 0.3) is 0 Å². The lowest BCUT2D eigenvalue weighted by Crippen LogP contribution is -2.39. The van der Waals surface area contributed by atoms with Crippen molar-refractivity contribution < 1.29 is 4.74 Å². The van der Waals surface area contributed by atoms with Gasteiger partial charge in [0.2, 0.25) is 0 Å². The van der Waals surface area contributed by atoms with Crippen molar-refractivity contribution in [3.8, 4) is 0 Å². The molecule has 1 saturated heterocycles. The molecular weight excluding hydrogens is 186 g/mol. The standard InChI is InChI=1S/C13H19NO/c1-13(9-6-10-15-13)12(14-2)11-7-4-3-5-8-11/h3-5,7-8,12,14H,6,9-10H2,1-2H3. The molecule has 2 nitrogen and oxygen atoms in total. The van der Waals surface area contributed by atoms with Gasteiger partial charge in [-0.3, -0.25) is 0 Å². The average Bonchev–Trinajstić information content (AvgIpc) is 2.68. The van der Waals surface area contributed by atoms with Gasteiger partial charge in [0.05, 0.1) is 11.6 Å². The molecule has 0 aromatic heterocycles. The third-order valence-electron chi connectivity index (χ3n) is 3.28. The second-order valence-electron chi connectivity index (χ2n) is 4.40. The number of ether oxygens (including phenoxy) is 1. The first-order valence-electron chi connectivity index (χ1n) is 5.62. The minimum absolute atomic E-state index is 0.0455. The van der Waals surface area contributed by atoms with E-state index in [4.69, 9.17) is 4.74 Å². The molecule has 15 heavy (non-hydrogen) atoms. The van der Waals surface area contributed by atoms with Crippen molar-refractivity contribution in [2.75, 3.05) is 13.7 Å². The predicted molar refractivity (Wildman–Crippen MR) is 61.8 cm³/mol. The van der Waals surface area contributed by atoms with Crippen LogP contribution in [0.15, 0.2) is 30.3 Å². The molecule has 1 fully saturated rings. The van der Waals surface area contributed by atoms with Crippen molar-refractivity contribution in [2.45, 2.75) is 31.4 Å². The summed E-state index contributed by atoms with van der Waals surface area (Å²) in [5.74, 6) is 0. The highest BCUT2D eigenvalue weighted by atomic mass is 16.5. The molecule has 2 unspecified atom stereocenters. The van der Waals surface area contributed by atoms with E-state index in [1.54, 1.807) is 0 Å². The van der Waals surface area contributed by atoms with Gasteiger partial charge < -0.3 is 10.1 Å². The van der Waals surface area contributed by atoms with E-state index in [0.29, 0.717) is 6.04 Å². The molecule has 0 amide bonds. The Morgan fingerprint density at radius 3 is 2.60 bits per heavy atom. The van der Waals surface area contributed by atoms with Gasteiger partial charge in [-0.15, -0.1) is 0 Å². The molecule has 0 bridgehead atoms. The van der Waals surface area contributed by atoms with Crippen LogP contribution in [-0.4, -0.2) is 19.3 Å². The Kier molecular flexibility index (Phi) is 3.08. The Bertz CT molecular complexity index is 304. The summed E-state index contributed by atoms with van der Waals surface area (Å²) >= 11 is 0.